The zero-order valence-corrected chi connectivity index (χ0v) is 15.2. The van der Waals surface area contributed by atoms with Crippen LogP contribution in [0.4, 0.5) is 14.9 Å². The minimum atomic E-state index is -0.547. The molecule has 3 rings (SSSR count). The zero-order valence-electron chi connectivity index (χ0n) is 15.2. The summed E-state index contributed by atoms with van der Waals surface area (Å²) in [4.78, 5) is 23.6. The molecule has 1 aromatic heterocycles. The fourth-order valence-electron chi connectivity index (χ4n) is 2.50. The van der Waals surface area contributed by atoms with Gasteiger partial charge in [-0.3, -0.25) is 10.1 Å². The molecule has 3 aromatic rings. The standard InChI is InChI=1S/C21H19FN2O4/c1-2-27-21(26)24-17-9-5-15(6-10-17)20(25)23-13-18-11-12-19(28-18)14-3-7-16(22)8-4-14/h3-12H,2,13H2,1H3,(H,23,25)(H,24,26). The van der Waals surface area contributed by atoms with Gasteiger partial charge in [0.2, 0.25) is 0 Å². The second-order valence-electron chi connectivity index (χ2n) is 5.88. The van der Waals surface area contributed by atoms with Gasteiger partial charge in [0.15, 0.2) is 0 Å². The molecular formula is C21H19FN2O4. The van der Waals surface area contributed by atoms with E-state index in [1.165, 1.54) is 12.1 Å². The lowest BCUT2D eigenvalue weighted by Crippen LogP contribution is -2.22. The Morgan fingerprint density at radius 1 is 1.00 bits per heavy atom. The maximum atomic E-state index is 13.0. The number of amides is 2. The van der Waals surface area contributed by atoms with E-state index >= 15 is 0 Å². The number of rotatable bonds is 6. The first-order valence-electron chi connectivity index (χ1n) is 8.72. The van der Waals surface area contributed by atoms with Crippen LogP contribution in [0.3, 0.4) is 0 Å². The van der Waals surface area contributed by atoms with Crippen molar-refractivity contribution in [2.24, 2.45) is 0 Å². The topological polar surface area (TPSA) is 80.6 Å². The first kappa shape index (κ1) is 19.2. The quantitative estimate of drug-likeness (QED) is 0.654. The number of furan rings is 1. The number of anilines is 1. The molecule has 2 amide bonds. The number of hydrogen-bond acceptors (Lipinski definition) is 4. The summed E-state index contributed by atoms with van der Waals surface area (Å²) in [5.41, 5.74) is 1.73. The molecule has 0 saturated heterocycles. The predicted molar refractivity (Wildman–Crippen MR) is 102 cm³/mol. The highest BCUT2D eigenvalue weighted by atomic mass is 19.1. The summed E-state index contributed by atoms with van der Waals surface area (Å²) < 4.78 is 23.5. The van der Waals surface area contributed by atoms with Crippen LogP contribution < -0.4 is 10.6 Å². The van der Waals surface area contributed by atoms with Crippen LogP contribution in [0.25, 0.3) is 11.3 Å². The predicted octanol–water partition coefficient (Wildman–Crippen LogP) is 4.58. The monoisotopic (exact) mass is 382 g/mol. The van der Waals surface area contributed by atoms with Crippen LogP contribution in [0.1, 0.15) is 23.0 Å². The van der Waals surface area contributed by atoms with Crippen LogP contribution in [0.5, 0.6) is 0 Å². The molecule has 0 fully saturated rings. The van der Waals surface area contributed by atoms with Gasteiger partial charge in [-0.15, -0.1) is 0 Å². The Hall–Kier alpha value is -3.61. The van der Waals surface area contributed by atoms with E-state index in [2.05, 4.69) is 10.6 Å². The number of carbonyl (C=O) groups is 2. The third-order valence-corrected chi connectivity index (χ3v) is 3.88. The van der Waals surface area contributed by atoms with Crippen LogP contribution in [0.2, 0.25) is 0 Å². The van der Waals surface area contributed by atoms with E-state index < -0.39 is 6.09 Å². The number of carbonyl (C=O) groups excluding carboxylic acids is 2. The van der Waals surface area contributed by atoms with Crippen molar-refractivity contribution in [1.29, 1.82) is 0 Å². The molecule has 2 N–H and O–H groups in total. The number of nitrogens with one attached hydrogen (secondary N) is 2. The van der Waals surface area contributed by atoms with E-state index in [0.29, 0.717) is 22.8 Å². The van der Waals surface area contributed by atoms with Crippen LogP contribution in [0.15, 0.2) is 65.1 Å². The summed E-state index contributed by atoms with van der Waals surface area (Å²) in [7, 11) is 0. The van der Waals surface area contributed by atoms with Crippen molar-refractivity contribution in [3.05, 3.63) is 77.8 Å². The molecule has 0 spiro atoms. The lowest BCUT2D eigenvalue weighted by atomic mass is 10.2. The Morgan fingerprint density at radius 3 is 2.39 bits per heavy atom. The highest BCUT2D eigenvalue weighted by Crippen LogP contribution is 2.22. The van der Waals surface area contributed by atoms with E-state index in [9.17, 15) is 14.0 Å². The number of hydrogen-bond donors (Lipinski definition) is 2. The lowest BCUT2D eigenvalue weighted by Gasteiger charge is -2.07. The molecule has 0 unspecified atom stereocenters. The largest absolute Gasteiger partial charge is 0.459 e. The smallest absolute Gasteiger partial charge is 0.411 e. The van der Waals surface area contributed by atoms with E-state index in [1.54, 1.807) is 55.5 Å². The molecule has 0 saturated carbocycles. The Balaban J connectivity index is 1.55. The van der Waals surface area contributed by atoms with Crippen molar-refractivity contribution in [3.63, 3.8) is 0 Å². The normalized spacial score (nSPS) is 10.4. The summed E-state index contributed by atoms with van der Waals surface area (Å²) in [5, 5.41) is 5.32. The minimum absolute atomic E-state index is 0.211. The van der Waals surface area contributed by atoms with E-state index in [-0.39, 0.29) is 24.9 Å². The molecule has 6 nitrogen and oxygen atoms in total. The van der Waals surface area contributed by atoms with Crippen LogP contribution in [-0.4, -0.2) is 18.6 Å². The van der Waals surface area contributed by atoms with Crippen molar-refractivity contribution in [2.75, 3.05) is 11.9 Å². The van der Waals surface area contributed by atoms with E-state index in [0.717, 1.165) is 5.56 Å². The van der Waals surface area contributed by atoms with Crippen molar-refractivity contribution >= 4 is 17.7 Å². The lowest BCUT2D eigenvalue weighted by molar-refractivity contribution is 0.0948. The van der Waals surface area contributed by atoms with Crippen molar-refractivity contribution in [1.82, 2.24) is 5.32 Å². The highest BCUT2D eigenvalue weighted by molar-refractivity contribution is 5.95. The zero-order chi connectivity index (χ0) is 19.9. The maximum Gasteiger partial charge on any atom is 0.411 e. The molecule has 2 aromatic carbocycles. The average Bonchev–Trinajstić information content (AvgIpc) is 3.16. The molecule has 144 valence electrons. The number of ether oxygens (including phenoxy) is 1. The van der Waals surface area contributed by atoms with Gasteiger partial charge < -0.3 is 14.5 Å². The maximum absolute atomic E-state index is 13.0. The second kappa shape index (κ2) is 8.85. The SMILES string of the molecule is CCOC(=O)Nc1ccc(C(=O)NCc2ccc(-c3ccc(F)cc3)o2)cc1. The van der Waals surface area contributed by atoms with Gasteiger partial charge in [-0.05, 0) is 67.6 Å². The average molecular weight is 382 g/mol. The van der Waals surface area contributed by atoms with Gasteiger partial charge in [0.25, 0.3) is 5.91 Å². The molecule has 28 heavy (non-hydrogen) atoms. The molecule has 1 heterocycles. The summed E-state index contributed by atoms with van der Waals surface area (Å²) in [6.07, 6.45) is -0.547. The van der Waals surface area contributed by atoms with Crippen molar-refractivity contribution in [3.8, 4) is 11.3 Å². The van der Waals surface area contributed by atoms with Gasteiger partial charge in [-0.25, -0.2) is 9.18 Å². The minimum Gasteiger partial charge on any atom is -0.459 e. The Bertz CT molecular complexity index is 949. The fraction of sp³-hybridized carbons (Fsp3) is 0.143. The summed E-state index contributed by atoms with van der Waals surface area (Å²) in [6.45, 7) is 2.21. The van der Waals surface area contributed by atoms with Gasteiger partial charge in [0.1, 0.15) is 17.3 Å². The van der Waals surface area contributed by atoms with Gasteiger partial charge in [-0.2, -0.15) is 0 Å². The fourth-order valence-corrected chi connectivity index (χ4v) is 2.50. The van der Waals surface area contributed by atoms with Gasteiger partial charge in [0, 0.05) is 16.8 Å². The molecule has 0 aliphatic rings. The number of benzene rings is 2. The molecule has 0 atom stereocenters. The van der Waals surface area contributed by atoms with Crippen molar-refractivity contribution < 1.29 is 23.1 Å². The van der Waals surface area contributed by atoms with Gasteiger partial charge in [-0.1, -0.05) is 0 Å². The van der Waals surface area contributed by atoms with E-state index in [4.69, 9.17) is 9.15 Å². The molecule has 0 aliphatic heterocycles. The molecular weight excluding hydrogens is 363 g/mol. The van der Waals surface area contributed by atoms with Crippen LogP contribution in [-0.2, 0) is 11.3 Å². The third kappa shape index (κ3) is 4.97. The summed E-state index contributed by atoms with van der Waals surface area (Å²) >= 11 is 0. The van der Waals surface area contributed by atoms with Crippen molar-refractivity contribution in [2.45, 2.75) is 13.5 Å². The Kier molecular flexibility index (Phi) is 6.06. The summed E-state index contributed by atoms with van der Waals surface area (Å²) in [6, 6.07) is 15.9. The van der Waals surface area contributed by atoms with Crippen LogP contribution >= 0.6 is 0 Å². The van der Waals surface area contributed by atoms with Gasteiger partial charge >= 0.3 is 6.09 Å². The third-order valence-electron chi connectivity index (χ3n) is 3.88. The molecule has 7 heteroatoms. The Morgan fingerprint density at radius 2 is 1.71 bits per heavy atom. The second-order valence-corrected chi connectivity index (χ2v) is 5.88. The van der Waals surface area contributed by atoms with E-state index in [1.807, 2.05) is 0 Å². The molecule has 0 radical (unpaired) electrons. The first-order valence-corrected chi connectivity index (χ1v) is 8.72. The van der Waals surface area contributed by atoms with Crippen LogP contribution in [0, 0.1) is 5.82 Å². The number of halogens is 1. The molecule has 0 bridgehead atoms. The summed E-state index contributed by atoms with van der Waals surface area (Å²) in [5.74, 6) is 0.584. The van der Waals surface area contributed by atoms with Gasteiger partial charge in [0.05, 0.1) is 13.2 Å². The molecule has 0 aliphatic carbocycles. The first-order chi connectivity index (χ1) is 13.5. The Labute approximate surface area is 161 Å². The highest BCUT2D eigenvalue weighted by Gasteiger charge is 2.09.